The number of nitrogens with one attached hydrogen (secondary N) is 1. The third-order valence-electron chi connectivity index (χ3n) is 2.96. The molecule has 4 nitrogen and oxygen atoms in total. The van der Waals surface area contributed by atoms with E-state index in [4.69, 9.17) is 15.3 Å². The summed E-state index contributed by atoms with van der Waals surface area (Å²) in [5, 5.41) is 16.8. The van der Waals surface area contributed by atoms with Gasteiger partial charge in [0.15, 0.2) is 0 Å². The van der Waals surface area contributed by atoms with Crippen molar-refractivity contribution in [2.75, 3.05) is 13.2 Å². The van der Waals surface area contributed by atoms with Crippen LogP contribution in [-0.2, 0) is 4.74 Å². The van der Waals surface area contributed by atoms with Crippen LogP contribution >= 0.6 is 0 Å². The molecule has 0 unspecified atom stereocenters. The van der Waals surface area contributed by atoms with Gasteiger partial charge in [0.25, 0.3) is 0 Å². The van der Waals surface area contributed by atoms with Gasteiger partial charge < -0.3 is 15.3 Å². The van der Waals surface area contributed by atoms with Crippen molar-refractivity contribution in [1.29, 1.82) is 5.41 Å². The summed E-state index contributed by atoms with van der Waals surface area (Å²) in [4.78, 5) is 4.23. The summed E-state index contributed by atoms with van der Waals surface area (Å²) in [6, 6.07) is 3.95. The van der Waals surface area contributed by atoms with Gasteiger partial charge in [0.05, 0.1) is 19.3 Å². The van der Waals surface area contributed by atoms with E-state index in [0.29, 0.717) is 18.7 Å². The van der Waals surface area contributed by atoms with Crippen LogP contribution in [0, 0.1) is 18.3 Å². The Kier molecular flexibility index (Phi) is 3.31. The number of aromatic nitrogens is 1. The highest BCUT2D eigenvalue weighted by Crippen LogP contribution is 2.29. The van der Waals surface area contributed by atoms with Crippen molar-refractivity contribution in [2.45, 2.75) is 19.4 Å². The molecule has 0 bridgehead atoms. The Morgan fingerprint density at radius 1 is 1.56 bits per heavy atom. The van der Waals surface area contributed by atoms with E-state index in [1.54, 1.807) is 0 Å². The van der Waals surface area contributed by atoms with Crippen LogP contribution in [0.4, 0.5) is 0 Å². The lowest BCUT2D eigenvalue weighted by molar-refractivity contribution is 0.0366. The second-order valence-corrected chi connectivity index (χ2v) is 4.17. The number of aryl methyl sites for hydroxylation is 1. The molecule has 0 radical (unpaired) electrons. The maximum absolute atomic E-state index is 9.16. The molecule has 2 rings (SSSR count). The van der Waals surface area contributed by atoms with E-state index in [0.717, 1.165) is 11.3 Å². The number of aliphatic hydroxyl groups excluding tert-OH is 1. The molecule has 4 heteroatoms. The molecule has 0 spiro atoms. The van der Waals surface area contributed by atoms with E-state index in [9.17, 15) is 0 Å². The number of rotatable bonds is 2. The molecule has 1 saturated heterocycles. The van der Waals surface area contributed by atoms with Gasteiger partial charge in [-0.2, -0.15) is 0 Å². The van der Waals surface area contributed by atoms with Crippen molar-refractivity contribution < 1.29 is 9.84 Å². The monoisotopic (exact) mass is 220 g/mol. The Hall–Kier alpha value is -1.26. The summed E-state index contributed by atoms with van der Waals surface area (Å²) in [5.74, 6) is -0.0694. The van der Waals surface area contributed by atoms with Crippen LogP contribution < -0.4 is 0 Å². The van der Waals surface area contributed by atoms with Crippen LogP contribution in [0.5, 0.6) is 0 Å². The minimum absolute atomic E-state index is 0.0258. The minimum Gasteiger partial charge on any atom is -0.396 e. The number of hydrogen-bond donors (Lipinski definition) is 2. The van der Waals surface area contributed by atoms with Crippen molar-refractivity contribution in [3.8, 4) is 0 Å². The summed E-state index contributed by atoms with van der Waals surface area (Å²) < 4.78 is 5.57. The zero-order chi connectivity index (χ0) is 11.5. The van der Waals surface area contributed by atoms with Gasteiger partial charge >= 0.3 is 0 Å². The molecule has 0 aromatic carbocycles. The Bertz CT molecular complexity index is 375. The molecule has 2 atom stereocenters. The predicted molar refractivity (Wildman–Crippen MR) is 60.6 cm³/mol. The second-order valence-electron chi connectivity index (χ2n) is 4.17. The zero-order valence-corrected chi connectivity index (χ0v) is 9.31. The Labute approximate surface area is 94.8 Å². The van der Waals surface area contributed by atoms with Crippen LogP contribution in [-0.4, -0.2) is 29.0 Å². The highest BCUT2D eigenvalue weighted by molar-refractivity contribution is 5.85. The fourth-order valence-electron chi connectivity index (χ4n) is 1.86. The van der Waals surface area contributed by atoms with E-state index in [1.807, 2.05) is 25.3 Å². The molecule has 1 aliphatic heterocycles. The normalized spacial score (nSPS) is 25.8. The lowest BCUT2D eigenvalue weighted by atomic mass is 9.92. The summed E-state index contributed by atoms with van der Waals surface area (Å²) in [5.41, 5.74) is 2.49. The SMILES string of the molecule is Cc1ccc([C@H]2C[C@@H](CO)C(=N)CO2)cn1. The number of nitrogens with zero attached hydrogens (tertiary/aromatic N) is 1. The number of hydrogen-bond acceptors (Lipinski definition) is 4. The van der Waals surface area contributed by atoms with Crippen molar-refractivity contribution in [3.63, 3.8) is 0 Å². The Balaban J connectivity index is 2.11. The molecular weight excluding hydrogens is 204 g/mol. The van der Waals surface area contributed by atoms with Gasteiger partial charge in [0.1, 0.15) is 0 Å². The van der Waals surface area contributed by atoms with Crippen LogP contribution in [0.2, 0.25) is 0 Å². The fraction of sp³-hybridized carbons (Fsp3) is 0.500. The van der Waals surface area contributed by atoms with Crippen LogP contribution in [0.1, 0.15) is 23.8 Å². The number of aliphatic hydroxyl groups is 1. The molecule has 0 aliphatic carbocycles. The largest absolute Gasteiger partial charge is 0.396 e. The van der Waals surface area contributed by atoms with Gasteiger partial charge in [0, 0.05) is 23.5 Å². The molecule has 86 valence electrons. The molecule has 1 aromatic rings. The quantitative estimate of drug-likeness (QED) is 0.793. The van der Waals surface area contributed by atoms with Gasteiger partial charge in [-0.3, -0.25) is 4.98 Å². The summed E-state index contributed by atoms with van der Waals surface area (Å²) in [6.45, 7) is 2.28. The van der Waals surface area contributed by atoms with Gasteiger partial charge in [-0.05, 0) is 25.0 Å². The standard InChI is InChI=1S/C12H16N2O2/c1-8-2-3-9(5-14-8)12-4-10(6-15)11(13)7-16-12/h2-3,5,10,12-13,15H,4,6-7H2,1H3/t10-,12+/m0/s1. The lowest BCUT2D eigenvalue weighted by Crippen LogP contribution is -2.31. The average Bonchev–Trinajstić information content (AvgIpc) is 2.31. The lowest BCUT2D eigenvalue weighted by Gasteiger charge is -2.29. The minimum atomic E-state index is -0.0694. The first-order valence-electron chi connectivity index (χ1n) is 5.43. The molecule has 1 aromatic heterocycles. The van der Waals surface area contributed by atoms with Gasteiger partial charge in [0.2, 0.25) is 0 Å². The summed E-state index contributed by atoms with van der Waals surface area (Å²) in [7, 11) is 0. The van der Waals surface area contributed by atoms with E-state index in [1.165, 1.54) is 0 Å². The molecular formula is C12H16N2O2. The molecule has 16 heavy (non-hydrogen) atoms. The summed E-state index contributed by atoms with van der Waals surface area (Å²) >= 11 is 0. The molecule has 0 saturated carbocycles. The highest BCUT2D eigenvalue weighted by atomic mass is 16.5. The van der Waals surface area contributed by atoms with Crippen molar-refractivity contribution in [1.82, 2.24) is 4.98 Å². The third-order valence-corrected chi connectivity index (χ3v) is 2.96. The second kappa shape index (κ2) is 4.72. The van der Waals surface area contributed by atoms with Gasteiger partial charge in [-0.25, -0.2) is 0 Å². The van der Waals surface area contributed by atoms with Crippen molar-refractivity contribution in [2.24, 2.45) is 5.92 Å². The average molecular weight is 220 g/mol. The maximum Gasteiger partial charge on any atom is 0.0853 e. The first kappa shape index (κ1) is 11.2. The summed E-state index contributed by atoms with van der Waals surface area (Å²) in [6.07, 6.45) is 2.43. The molecule has 1 fully saturated rings. The van der Waals surface area contributed by atoms with Crippen LogP contribution in [0.25, 0.3) is 0 Å². The van der Waals surface area contributed by atoms with E-state index in [2.05, 4.69) is 4.98 Å². The molecule has 0 amide bonds. The Morgan fingerprint density at radius 2 is 2.38 bits per heavy atom. The molecule has 2 heterocycles. The topological polar surface area (TPSA) is 66.2 Å². The van der Waals surface area contributed by atoms with Crippen molar-refractivity contribution in [3.05, 3.63) is 29.6 Å². The third kappa shape index (κ3) is 2.28. The zero-order valence-electron chi connectivity index (χ0n) is 9.31. The molecule has 2 N–H and O–H groups in total. The smallest absolute Gasteiger partial charge is 0.0853 e. The van der Waals surface area contributed by atoms with E-state index < -0.39 is 0 Å². The van der Waals surface area contributed by atoms with Gasteiger partial charge in [-0.1, -0.05) is 6.07 Å². The van der Waals surface area contributed by atoms with Crippen LogP contribution in [0.3, 0.4) is 0 Å². The first-order chi connectivity index (χ1) is 7.70. The fourth-order valence-corrected chi connectivity index (χ4v) is 1.86. The Morgan fingerprint density at radius 3 is 3.00 bits per heavy atom. The number of pyridine rings is 1. The first-order valence-corrected chi connectivity index (χ1v) is 5.43. The van der Waals surface area contributed by atoms with Crippen molar-refractivity contribution >= 4 is 5.71 Å². The van der Waals surface area contributed by atoms with Crippen LogP contribution in [0.15, 0.2) is 18.3 Å². The molecule has 1 aliphatic rings. The van der Waals surface area contributed by atoms with E-state index in [-0.39, 0.29) is 18.6 Å². The number of ether oxygens (including phenoxy) is 1. The predicted octanol–water partition coefficient (Wildman–Crippen LogP) is 1.48. The van der Waals surface area contributed by atoms with Gasteiger partial charge in [-0.15, -0.1) is 0 Å². The maximum atomic E-state index is 9.16. The van der Waals surface area contributed by atoms with E-state index >= 15 is 0 Å². The highest BCUT2D eigenvalue weighted by Gasteiger charge is 2.27.